The Bertz CT molecular complexity index is 762. The van der Waals surface area contributed by atoms with E-state index in [1.807, 2.05) is 0 Å². The molecule has 0 unspecified atom stereocenters. The number of carbonyl (C=O) groups excluding carboxylic acids is 1. The molecule has 0 aliphatic carbocycles. The summed E-state index contributed by atoms with van der Waals surface area (Å²) in [7, 11) is 1.40. The van der Waals surface area contributed by atoms with Crippen LogP contribution < -0.4 is 9.47 Å². The molecule has 6 heteroatoms. The van der Waals surface area contributed by atoms with Gasteiger partial charge in [-0.1, -0.05) is 12.1 Å². The third-order valence-electron chi connectivity index (χ3n) is 3.17. The fraction of sp³-hybridized carbons (Fsp3) is 0.111. The van der Waals surface area contributed by atoms with Crippen LogP contribution in [-0.2, 0) is 4.79 Å². The minimum Gasteiger partial charge on any atom is -0.504 e. The molecule has 2 aromatic rings. The van der Waals surface area contributed by atoms with Gasteiger partial charge < -0.3 is 19.7 Å². The fourth-order valence-corrected chi connectivity index (χ4v) is 1.93. The highest BCUT2D eigenvalue weighted by atomic mass is 16.5. The van der Waals surface area contributed by atoms with E-state index in [2.05, 4.69) is 0 Å². The molecule has 0 saturated heterocycles. The molecule has 0 spiro atoms. The molecule has 24 heavy (non-hydrogen) atoms. The number of methoxy groups -OCH3 is 1. The quantitative estimate of drug-likeness (QED) is 0.600. The van der Waals surface area contributed by atoms with Crippen LogP contribution in [0.1, 0.15) is 15.9 Å². The number of phenols is 1. The van der Waals surface area contributed by atoms with Gasteiger partial charge in [0.25, 0.3) is 0 Å². The number of ketones is 1. The van der Waals surface area contributed by atoms with Crippen molar-refractivity contribution >= 4 is 17.8 Å². The number of ether oxygens (including phenoxy) is 2. The first-order valence-electron chi connectivity index (χ1n) is 7.03. The predicted octanol–water partition coefficient (Wildman–Crippen LogP) is 2.76. The van der Waals surface area contributed by atoms with Crippen LogP contribution in [0.15, 0.2) is 48.5 Å². The highest BCUT2D eigenvalue weighted by Crippen LogP contribution is 2.26. The number of aromatic hydroxyl groups is 1. The van der Waals surface area contributed by atoms with E-state index >= 15 is 0 Å². The summed E-state index contributed by atoms with van der Waals surface area (Å²) in [4.78, 5) is 22.5. The topological polar surface area (TPSA) is 93.1 Å². The van der Waals surface area contributed by atoms with Gasteiger partial charge in [-0.05, 0) is 42.0 Å². The van der Waals surface area contributed by atoms with Crippen LogP contribution in [0.2, 0.25) is 0 Å². The second-order valence-electron chi connectivity index (χ2n) is 4.84. The number of Topliss-reactive ketones (excluding diaryl/α,β-unsaturated/α-hetero) is 1. The molecule has 0 radical (unpaired) electrons. The highest BCUT2D eigenvalue weighted by molar-refractivity contribution is 5.97. The van der Waals surface area contributed by atoms with Crippen LogP contribution in [-0.4, -0.2) is 35.7 Å². The van der Waals surface area contributed by atoms with Crippen LogP contribution in [0.25, 0.3) is 6.08 Å². The molecule has 2 N–H and O–H groups in total. The number of carbonyl (C=O) groups is 2. The molecule has 124 valence electrons. The molecular formula is C18H16O6. The smallest absolute Gasteiger partial charge is 0.328 e. The standard InChI is InChI=1S/C18H16O6/c1-23-17-10-13(5-8-15(17)19)16(20)11-24-14-6-2-12(3-7-14)4-9-18(21)22/h2-10,19H,11H2,1H3,(H,21,22). The SMILES string of the molecule is COc1cc(C(=O)COc2ccc(C=CC(=O)O)cc2)ccc1O. The van der Waals surface area contributed by atoms with Crippen LogP contribution in [0.5, 0.6) is 17.2 Å². The first kappa shape index (κ1) is 17.1. The maximum absolute atomic E-state index is 12.1. The summed E-state index contributed by atoms with van der Waals surface area (Å²) < 4.78 is 10.4. The molecule has 6 nitrogen and oxygen atoms in total. The van der Waals surface area contributed by atoms with Gasteiger partial charge >= 0.3 is 5.97 Å². The molecule has 0 fully saturated rings. The number of hydrogen-bond acceptors (Lipinski definition) is 5. The van der Waals surface area contributed by atoms with Gasteiger partial charge in [0.1, 0.15) is 5.75 Å². The Labute approximate surface area is 138 Å². The fourth-order valence-electron chi connectivity index (χ4n) is 1.93. The summed E-state index contributed by atoms with van der Waals surface area (Å²) in [5, 5.41) is 18.1. The molecule has 0 aliphatic heterocycles. The lowest BCUT2D eigenvalue weighted by Crippen LogP contribution is -2.11. The van der Waals surface area contributed by atoms with Crippen molar-refractivity contribution in [3.8, 4) is 17.2 Å². The Balaban J connectivity index is 1.97. The molecule has 0 atom stereocenters. The number of rotatable bonds is 7. The lowest BCUT2D eigenvalue weighted by Gasteiger charge is -2.08. The van der Waals surface area contributed by atoms with Gasteiger partial charge in [-0.2, -0.15) is 0 Å². The average molecular weight is 328 g/mol. The van der Waals surface area contributed by atoms with Crippen molar-refractivity contribution in [2.75, 3.05) is 13.7 Å². The third kappa shape index (κ3) is 4.61. The van der Waals surface area contributed by atoms with Gasteiger partial charge in [0.2, 0.25) is 0 Å². The lowest BCUT2D eigenvalue weighted by molar-refractivity contribution is -0.131. The van der Waals surface area contributed by atoms with Gasteiger partial charge in [0.15, 0.2) is 23.9 Å². The van der Waals surface area contributed by atoms with Crippen molar-refractivity contribution in [3.05, 3.63) is 59.7 Å². The predicted molar refractivity (Wildman–Crippen MR) is 87.6 cm³/mol. The number of phenolic OH excluding ortho intramolecular Hbond substituents is 1. The number of carboxylic acid groups (broad SMARTS) is 1. The zero-order valence-electron chi connectivity index (χ0n) is 12.9. The van der Waals surface area contributed by atoms with E-state index in [4.69, 9.17) is 14.6 Å². The Kier molecular flexibility index (Phi) is 5.57. The molecule has 0 bridgehead atoms. The lowest BCUT2D eigenvalue weighted by atomic mass is 10.1. The third-order valence-corrected chi connectivity index (χ3v) is 3.17. The average Bonchev–Trinajstić information content (AvgIpc) is 2.59. The number of benzene rings is 2. The second-order valence-corrected chi connectivity index (χ2v) is 4.84. The molecule has 0 saturated carbocycles. The van der Waals surface area contributed by atoms with E-state index in [0.717, 1.165) is 6.08 Å². The zero-order valence-corrected chi connectivity index (χ0v) is 12.9. The van der Waals surface area contributed by atoms with Gasteiger partial charge in [-0.15, -0.1) is 0 Å². The van der Waals surface area contributed by atoms with Crippen molar-refractivity contribution in [2.45, 2.75) is 0 Å². The molecule has 2 rings (SSSR count). The van der Waals surface area contributed by atoms with Crippen molar-refractivity contribution < 1.29 is 29.3 Å². The van der Waals surface area contributed by atoms with Crippen molar-refractivity contribution in [2.24, 2.45) is 0 Å². The van der Waals surface area contributed by atoms with Crippen LogP contribution in [0.4, 0.5) is 0 Å². The molecule has 0 amide bonds. The van der Waals surface area contributed by atoms with Gasteiger partial charge in [-0.25, -0.2) is 4.79 Å². The van der Waals surface area contributed by atoms with Crippen LogP contribution in [0.3, 0.4) is 0 Å². The molecular weight excluding hydrogens is 312 g/mol. The number of carboxylic acids is 1. The van der Waals surface area contributed by atoms with Crippen LogP contribution in [0, 0.1) is 0 Å². The summed E-state index contributed by atoms with van der Waals surface area (Å²) in [6.45, 7) is -0.168. The summed E-state index contributed by atoms with van der Waals surface area (Å²) in [6.07, 6.45) is 2.50. The van der Waals surface area contributed by atoms with Gasteiger partial charge in [0.05, 0.1) is 7.11 Å². The molecule has 0 aliphatic rings. The molecule has 0 aromatic heterocycles. The van der Waals surface area contributed by atoms with E-state index < -0.39 is 5.97 Å². The monoisotopic (exact) mass is 328 g/mol. The zero-order chi connectivity index (χ0) is 17.5. The Morgan fingerprint density at radius 3 is 2.46 bits per heavy atom. The number of aliphatic carboxylic acids is 1. The Hall–Kier alpha value is -3.28. The van der Waals surface area contributed by atoms with Gasteiger partial charge in [-0.3, -0.25) is 4.79 Å². The van der Waals surface area contributed by atoms with Crippen LogP contribution >= 0.6 is 0 Å². The van der Waals surface area contributed by atoms with Crippen molar-refractivity contribution in [1.29, 1.82) is 0 Å². The van der Waals surface area contributed by atoms with Crippen molar-refractivity contribution in [1.82, 2.24) is 0 Å². The summed E-state index contributed by atoms with van der Waals surface area (Å²) in [5.41, 5.74) is 1.07. The first-order valence-corrected chi connectivity index (χ1v) is 7.03. The highest BCUT2D eigenvalue weighted by Gasteiger charge is 2.10. The maximum atomic E-state index is 12.1. The van der Waals surface area contributed by atoms with Gasteiger partial charge in [0, 0.05) is 11.6 Å². The second kappa shape index (κ2) is 7.82. The minimum absolute atomic E-state index is 0.0417. The number of hydrogen-bond donors (Lipinski definition) is 2. The molecule has 0 heterocycles. The minimum atomic E-state index is -1.02. The normalized spacial score (nSPS) is 10.5. The first-order chi connectivity index (χ1) is 11.5. The Morgan fingerprint density at radius 2 is 1.83 bits per heavy atom. The van der Waals surface area contributed by atoms with E-state index in [0.29, 0.717) is 16.9 Å². The maximum Gasteiger partial charge on any atom is 0.328 e. The largest absolute Gasteiger partial charge is 0.504 e. The molecule has 2 aromatic carbocycles. The Morgan fingerprint density at radius 1 is 1.12 bits per heavy atom. The van der Waals surface area contributed by atoms with E-state index in [9.17, 15) is 14.7 Å². The van der Waals surface area contributed by atoms with E-state index in [-0.39, 0.29) is 23.9 Å². The van der Waals surface area contributed by atoms with E-state index in [1.54, 1.807) is 24.3 Å². The summed E-state index contributed by atoms with van der Waals surface area (Å²) >= 11 is 0. The summed E-state index contributed by atoms with van der Waals surface area (Å²) in [5.74, 6) is -0.620. The summed E-state index contributed by atoms with van der Waals surface area (Å²) in [6, 6.07) is 11.0. The van der Waals surface area contributed by atoms with E-state index in [1.165, 1.54) is 31.4 Å². The van der Waals surface area contributed by atoms with Crippen molar-refractivity contribution in [3.63, 3.8) is 0 Å².